The number of benzene rings is 2. The van der Waals surface area contributed by atoms with Gasteiger partial charge in [0.2, 0.25) is 0 Å². The van der Waals surface area contributed by atoms with E-state index in [0.29, 0.717) is 0 Å². The molecule has 0 radical (unpaired) electrons. The number of nitrogens with zero attached hydrogens (tertiary/aromatic N) is 1. The van der Waals surface area contributed by atoms with Crippen LogP contribution >= 0.6 is 15.9 Å². The molecule has 1 aliphatic rings. The Balaban J connectivity index is 1.72. The number of hydrogen-bond acceptors (Lipinski definition) is 1. The fourth-order valence-corrected chi connectivity index (χ4v) is 2.72. The zero-order valence-corrected chi connectivity index (χ0v) is 13.9. The van der Waals surface area contributed by atoms with E-state index >= 15 is 0 Å². The molecule has 0 saturated carbocycles. The predicted octanol–water partition coefficient (Wildman–Crippen LogP) is 5.12. The maximum absolute atomic E-state index is 3.47. The van der Waals surface area contributed by atoms with Crippen LogP contribution in [0.3, 0.4) is 0 Å². The van der Waals surface area contributed by atoms with Crippen molar-refractivity contribution in [1.82, 2.24) is 4.81 Å². The third kappa shape index (κ3) is 4.02. The van der Waals surface area contributed by atoms with Crippen LogP contribution in [0, 0.1) is 0 Å². The SMILES string of the molecule is Brc1ccc(/C=C/B2C=CC=CN2Cc2ccccc2)cc1. The van der Waals surface area contributed by atoms with Crippen molar-refractivity contribution < 1.29 is 0 Å². The summed E-state index contributed by atoms with van der Waals surface area (Å²) in [5, 5.41) is 0. The molecule has 0 N–H and O–H groups in total. The Morgan fingerprint density at radius 3 is 2.50 bits per heavy atom. The van der Waals surface area contributed by atoms with E-state index in [1.54, 1.807) is 0 Å². The van der Waals surface area contributed by atoms with Crippen molar-refractivity contribution >= 4 is 28.9 Å². The minimum Gasteiger partial charge on any atom is -0.410 e. The first kappa shape index (κ1) is 14.9. The maximum atomic E-state index is 3.47. The summed E-state index contributed by atoms with van der Waals surface area (Å²) >= 11 is 3.47. The molecule has 22 heavy (non-hydrogen) atoms. The van der Waals surface area contributed by atoms with Crippen LogP contribution in [0.1, 0.15) is 11.1 Å². The van der Waals surface area contributed by atoms with Gasteiger partial charge in [-0.1, -0.05) is 82.5 Å². The summed E-state index contributed by atoms with van der Waals surface area (Å²) < 4.78 is 1.11. The third-order valence-electron chi connectivity index (χ3n) is 3.64. The first-order valence-electron chi connectivity index (χ1n) is 7.40. The second-order valence-electron chi connectivity index (χ2n) is 5.29. The maximum Gasteiger partial charge on any atom is 0.308 e. The lowest BCUT2D eigenvalue weighted by molar-refractivity contribution is 0.577. The van der Waals surface area contributed by atoms with Gasteiger partial charge >= 0.3 is 6.85 Å². The van der Waals surface area contributed by atoms with E-state index in [-0.39, 0.29) is 6.85 Å². The molecule has 0 spiro atoms. The highest BCUT2D eigenvalue weighted by Gasteiger charge is 2.16. The second-order valence-corrected chi connectivity index (χ2v) is 6.20. The Morgan fingerprint density at radius 1 is 0.955 bits per heavy atom. The summed E-state index contributed by atoms with van der Waals surface area (Å²) in [5.74, 6) is 4.46. The molecule has 0 amide bonds. The Kier molecular flexibility index (Phi) is 4.97. The van der Waals surface area contributed by atoms with Crippen LogP contribution in [0.15, 0.2) is 89.4 Å². The molecule has 0 atom stereocenters. The van der Waals surface area contributed by atoms with Crippen molar-refractivity contribution in [2.24, 2.45) is 0 Å². The molecule has 0 fully saturated rings. The lowest BCUT2D eigenvalue weighted by Crippen LogP contribution is -2.33. The van der Waals surface area contributed by atoms with Gasteiger partial charge in [-0.2, -0.15) is 0 Å². The average Bonchev–Trinajstić information content (AvgIpc) is 2.56. The number of rotatable bonds is 4. The monoisotopic (exact) mass is 349 g/mol. The topological polar surface area (TPSA) is 3.24 Å². The molecule has 1 heterocycles. The van der Waals surface area contributed by atoms with Crippen molar-refractivity contribution in [3.63, 3.8) is 0 Å². The summed E-state index contributed by atoms with van der Waals surface area (Å²) in [7, 11) is 0. The highest BCUT2D eigenvalue weighted by molar-refractivity contribution is 9.10. The molecule has 3 rings (SSSR count). The van der Waals surface area contributed by atoms with Gasteiger partial charge in [0.25, 0.3) is 0 Å². The molecule has 108 valence electrons. The fraction of sp³-hybridized carbons (Fsp3) is 0.0526. The molecule has 3 heteroatoms. The smallest absolute Gasteiger partial charge is 0.308 e. The summed E-state index contributed by atoms with van der Waals surface area (Å²) in [6.07, 6.45) is 8.53. The Morgan fingerprint density at radius 2 is 1.73 bits per heavy atom. The molecule has 0 aliphatic carbocycles. The van der Waals surface area contributed by atoms with Gasteiger partial charge in [-0.15, -0.1) is 0 Å². The summed E-state index contributed by atoms with van der Waals surface area (Å²) in [6, 6.07) is 18.9. The van der Waals surface area contributed by atoms with Crippen molar-refractivity contribution in [2.45, 2.75) is 6.54 Å². The summed E-state index contributed by atoms with van der Waals surface area (Å²) in [6.45, 7) is 1.20. The zero-order valence-electron chi connectivity index (χ0n) is 12.3. The molecule has 0 bridgehead atoms. The van der Waals surface area contributed by atoms with Crippen LogP contribution in [-0.4, -0.2) is 11.7 Å². The van der Waals surface area contributed by atoms with Crippen molar-refractivity contribution in [3.05, 3.63) is 100 Å². The zero-order chi connectivity index (χ0) is 15.2. The minimum atomic E-state index is 0.286. The molecular formula is C19H17BBrN. The molecule has 2 aromatic rings. The van der Waals surface area contributed by atoms with Gasteiger partial charge in [0.1, 0.15) is 0 Å². The summed E-state index contributed by atoms with van der Waals surface area (Å²) in [4.78, 5) is 2.34. The highest BCUT2D eigenvalue weighted by atomic mass is 79.9. The van der Waals surface area contributed by atoms with Gasteiger partial charge < -0.3 is 4.81 Å². The van der Waals surface area contributed by atoms with Gasteiger partial charge in [-0.05, 0) is 35.5 Å². The van der Waals surface area contributed by atoms with Gasteiger partial charge in [-0.3, -0.25) is 0 Å². The molecule has 0 unspecified atom stereocenters. The van der Waals surface area contributed by atoms with Crippen LogP contribution in [0.25, 0.3) is 6.08 Å². The average molecular weight is 350 g/mol. The first-order chi connectivity index (χ1) is 10.8. The number of halogens is 1. The largest absolute Gasteiger partial charge is 0.410 e. The van der Waals surface area contributed by atoms with E-state index in [0.717, 1.165) is 11.0 Å². The highest BCUT2D eigenvalue weighted by Crippen LogP contribution is 2.15. The molecule has 1 nitrogen and oxygen atoms in total. The van der Waals surface area contributed by atoms with Gasteiger partial charge in [-0.25, -0.2) is 0 Å². The van der Waals surface area contributed by atoms with Crippen molar-refractivity contribution in [2.75, 3.05) is 0 Å². The molecule has 1 aliphatic heterocycles. The standard InChI is InChI=1S/C19H17BBrN/c21-19-10-8-17(9-11-19)12-14-20-13-4-5-15-22(20)16-18-6-2-1-3-7-18/h1-15H,16H2/b14-12+. The van der Waals surface area contributed by atoms with Crippen molar-refractivity contribution in [3.8, 4) is 0 Å². The summed E-state index contributed by atoms with van der Waals surface area (Å²) in [5.41, 5.74) is 2.54. The van der Waals surface area contributed by atoms with Gasteiger partial charge in [0.15, 0.2) is 0 Å². The van der Waals surface area contributed by atoms with Crippen LogP contribution in [0.2, 0.25) is 0 Å². The number of hydrogen-bond donors (Lipinski definition) is 0. The Bertz CT molecular complexity index is 689. The van der Waals surface area contributed by atoms with E-state index in [9.17, 15) is 0 Å². The van der Waals surface area contributed by atoms with Crippen LogP contribution in [0.5, 0.6) is 0 Å². The van der Waals surface area contributed by atoms with Gasteiger partial charge in [0.05, 0.1) is 0 Å². The van der Waals surface area contributed by atoms with Gasteiger partial charge in [0, 0.05) is 11.0 Å². The molecular weight excluding hydrogens is 333 g/mol. The molecule has 0 saturated heterocycles. The lowest BCUT2D eigenvalue weighted by Gasteiger charge is -2.26. The fourth-order valence-electron chi connectivity index (χ4n) is 2.46. The molecule has 2 aromatic carbocycles. The third-order valence-corrected chi connectivity index (χ3v) is 4.17. The van der Waals surface area contributed by atoms with Crippen LogP contribution in [-0.2, 0) is 6.54 Å². The van der Waals surface area contributed by atoms with Crippen LogP contribution < -0.4 is 0 Å². The van der Waals surface area contributed by atoms with E-state index in [2.05, 4.69) is 112 Å². The predicted molar refractivity (Wildman–Crippen MR) is 99.2 cm³/mol. The minimum absolute atomic E-state index is 0.286. The normalized spacial score (nSPS) is 14.0. The first-order valence-corrected chi connectivity index (χ1v) is 8.19. The quantitative estimate of drug-likeness (QED) is 0.692. The Labute approximate surface area is 140 Å². The van der Waals surface area contributed by atoms with E-state index in [1.807, 2.05) is 0 Å². The lowest BCUT2D eigenvalue weighted by atomic mass is 9.59. The van der Waals surface area contributed by atoms with Crippen LogP contribution in [0.4, 0.5) is 0 Å². The second kappa shape index (κ2) is 7.32. The van der Waals surface area contributed by atoms with Crippen molar-refractivity contribution in [1.29, 1.82) is 0 Å². The van der Waals surface area contributed by atoms with E-state index < -0.39 is 0 Å². The van der Waals surface area contributed by atoms with E-state index in [1.165, 1.54) is 11.1 Å². The van der Waals surface area contributed by atoms with E-state index in [4.69, 9.17) is 0 Å². The molecule has 0 aromatic heterocycles. The number of allylic oxidation sites excluding steroid dienone is 2. The Hall–Kier alpha value is -2.00.